The molecule has 1 aromatic carbocycles. The van der Waals surface area contributed by atoms with Crippen molar-refractivity contribution in [2.24, 2.45) is 17.8 Å². The Labute approximate surface area is 237 Å². The van der Waals surface area contributed by atoms with Crippen LogP contribution in [0.2, 0.25) is 0 Å². The molecule has 216 valence electrons. The zero-order valence-corrected chi connectivity index (χ0v) is 24.5. The molecule has 1 N–H and O–H groups in total. The largest absolute Gasteiger partial charge is 0.394 e. The molecule has 8 nitrogen and oxygen atoms in total. The van der Waals surface area contributed by atoms with Crippen molar-refractivity contribution >= 4 is 23.4 Å². The van der Waals surface area contributed by atoms with Crippen molar-refractivity contribution in [1.82, 2.24) is 9.80 Å². The zero-order chi connectivity index (χ0) is 29.0. The van der Waals surface area contributed by atoms with Gasteiger partial charge in [-0.3, -0.25) is 14.4 Å². The molecular formula is C32H43N3O5. The summed E-state index contributed by atoms with van der Waals surface area (Å²) in [5, 5.41) is 10.6. The summed E-state index contributed by atoms with van der Waals surface area (Å²) in [6.07, 6.45) is 8.89. The number of hydrogen-bond acceptors (Lipinski definition) is 5. The van der Waals surface area contributed by atoms with E-state index in [1.54, 1.807) is 14.7 Å². The molecule has 40 heavy (non-hydrogen) atoms. The maximum Gasteiger partial charge on any atom is 0.249 e. The predicted molar refractivity (Wildman–Crippen MR) is 153 cm³/mol. The van der Waals surface area contributed by atoms with Crippen molar-refractivity contribution in [3.8, 4) is 0 Å². The smallest absolute Gasteiger partial charge is 0.249 e. The zero-order valence-electron chi connectivity index (χ0n) is 24.5. The van der Waals surface area contributed by atoms with E-state index >= 15 is 0 Å². The van der Waals surface area contributed by atoms with Gasteiger partial charge in [0.1, 0.15) is 11.6 Å². The summed E-state index contributed by atoms with van der Waals surface area (Å²) in [5.74, 6) is -2.49. The number of carbonyl (C=O) groups is 3. The van der Waals surface area contributed by atoms with Gasteiger partial charge in [-0.05, 0) is 45.2 Å². The fraction of sp³-hybridized carbons (Fsp3) is 0.594. The Morgan fingerprint density at radius 1 is 0.975 bits per heavy atom. The molecule has 0 saturated carbocycles. The molecule has 7 atom stereocenters. The van der Waals surface area contributed by atoms with Crippen LogP contribution in [-0.4, -0.2) is 81.1 Å². The third-order valence-corrected chi connectivity index (χ3v) is 9.60. The van der Waals surface area contributed by atoms with Crippen LogP contribution in [0.25, 0.3) is 0 Å². The number of aliphatic hydroxyl groups excluding tert-OH is 1. The fourth-order valence-electron chi connectivity index (χ4n) is 7.31. The molecule has 0 aromatic heterocycles. The number of aliphatic hydroxyl groups is 1. The first kappa shape index (κ1) is 28.6. The fourth-order valence-corrected chi connectivity index (χ4v) is 7.31. The summed E-state index contributed by atoms with van der Waals surface area (Å²) in [6, 6.07) is 7.90. The standard InChI is InChI=1S/C32H43N3O5/c1-7-21(3)23(20-36)35-26-29(39)34(30(4,5)6)19-13-17-32(26)25(28(35)38)24-27(37)33(22-14-10-9-11-15-22)18-12-16-31(24,8-2)40-32/h9-17,21,23-26,36H,7-8,18-20H2,1-6H3/t21-,23-,24+,25-,26?,31-,32-/m0/s1. The van der Waals surface area contributed by atoms with Crippen molar-refractivity contribution in [3.63, 3.8) is 0 Å². The molecule has 4 aliphatic heterocycles. The molecule has 0 aliphatic carbocycles. The molecule has 2 saturated heterocycles. The number of hydrogen-bond donors (Lipinski definition) is 1. The average Bonchev–Trinajstić information content (AvgIpc) is 3.21. The van der Waals surface area contributed by atoms with Crippen LogP contribution in [0, 0.1) is 17.8 Å². The summed E-state index contributed by atoms with van der Waals surface area (Å²) in [5.41, 5.74) is -2.13. The Balaban J connectivity index is 1.72. The van der Waals surface area contributed by atoms with E-state index in [1.807, 2.05) is 96.2 Å². The average molecular weight is 550 g/mol. The number of nitrogens with zero attached hydrogens (tertiary/aromatic N) is 3. The van der Waals surface area contributed by atoms with Gasteiger partial charge in [0.2, 0.25) is 17.7 Å². The van der Waals surface area contributed by atoms with E-state index < -0.39 is 40.7 Å². The molecule has 0 radical (unpaired) electrons. The van der Waals surface area contributed by atoms with E-state index in [2.05, 4.69) is 0 Å². The second kappa shape index (κ2) is 10.1. The van der Waals surface area contributed by atoms with Gasteiger partial charge in [-0.2, -0.15) is 0 Å². The van der Waals surface area contributed by atoms with Gasteiger partial charge < -0.3 is 24.5 Å². The van der Waals surface area contributed by atoms with Gasteiger partial charge >= 0.3 is 0 Å². The first-order valence-corrected chi connectivity index (χ1v) is 14.6. The number of para-hydroxylation sites is 1. The van der Waals surface area contributed by atoms with Crippen molar-refractivity contribution in [2.45, 2.75) is 83.2 Å². The molecule has 2 fully saturated rings. The van der Waals surface area contributed by atoms with Crippen LogP contribution in [0.4, 0.5) is 5.69 Å². The highest BCUT2D eigenvalue weighted by Gasteiger charge is 2.76. The van der Waals surface area contributed by atoms with Gasteiger partial charge in [-0.15, -0.1) is 0 Å². The second-order valence-corrected chi connectivity index (χ2v) is 12.7. The number of carbonyl (C=O) groups excluding carboxylic acids is 3. The van der Waals surface area contributed by atoms with E-state index in [1.165, 1.54) is 0 Å². The minimum Gasteiger partial charge on any atom is -0.394 e. The summed E-state index contributed by atoms with van der Waals surface area (Å²) >= 11 is 0. The molecule has 5 rings (SSSR count). The molecular weight excluding hydrogens is 506 g/mol. The third-order valence-electron chi connectivity index (χ3n) is 9.60. The number of ether oxygens (including phenoxy) is 1. The predicted octanol–water partition coefficient (Wildman–Crippen LogP) is 3.55. The lowest BCUT2D eigenvalue weighted by molar-refractivity contribution is -0.159. The Hall–Kier alpha value is -2.97. The maximum atomic E-state index is 14.7. The summed E-state index contributed by atoms with van der Waals surface area (Å²) < 4.78 is 7.06. The summed E-state index contributed by atoms with van der Waals surface area (Å²) in [7, 11) is 0. The molecule has 1 unspecified atom stereocenters. The summed E-state index contributed by atoms with van der Waals surface area (Å²) in [6.45, 7) is 12.4. The maximum absolute atomic E-state index is 14.7. The highest BCUT2D eigenvalue weighted by atomic mass is 16.5. The Bertz CT molecular complexity index is 1220. The molecule has 4 aliphatic rings. The molecule has 4 heterocycles. The van der Waals surface area contributed by atoms with Gasteiger partial charge in [-0.1, -0.05) is 69.7 Å². The van der Waals surface area contributed by atoms with Gasteiger partial charge in [0.25, 0.3) is 0 Å². The van der Waals surface area contributed by atoms with Crippen molar-refractivity contribution in [3.05, 3.63) is 54.6 Å². The van der Waals surface area contributed by atoms with Gasteiger partial charge in [0, 0.05) is 24.3 Å². The number of rotatable bonds is 6. The van der Waals surface area contributed by atoms with E-state index in [0.717, 1.165) is 12.1 Å². The van der Waals surface area contributed by atoms with Crippen LogP contribution in [-0.2, 0) is 19.1 Å². The number of anilines is 1. The first-order chi connectivity index (χ1) is 19.0. The Kier molecular flexibility index (Phi) is 7.24. The summed E-state index contributed by atoms with van der Waals surface area (Å²) in [4.78, 5) is 48.9. The quantitative estimate of drug-likeness (QED) is 0.548. The van der Waals surface area contributed by atoms with Crippen molar-refractivity contribution in [2.75, 3.05) is 24.6 Å². The normalized spacial score (nSPS) is 33.4. The molecule has 3 amide bonds. The van der Waals surface area contributed by atoms with E-state index in [9.17, 15) is 19.5 Å². The monoisotopic (exact) mass is 549 g/mol. The minimum atomic E-state index is -1.34. The van der Waals surface area contributed by atoms with Crippen LogP contribution in [0.3, 0.4) is 0 Å². The van der Waals surface area contributed by atoms with Crippen molar-refractivity contribution in [1.29, 1.82) is 0 Å². The molecule has 0 bridgehead atoms. The minimum absolute atomic E-state index is 0.0607. The molecule has 1 spiro atoms. The highest BCUT2D eigenvalue weighted by Crippen LogP contribution is 2.59. The molecule has 8 heteroatoms. The van der Waals surface area contributed by atoms with Crippen LogP contribution in [0.1, 0.15) is 54.4 Å². The SMILES string of the molecule is CC[C@H](C)[C@H](CO)N1C(=O)[C@@H]2[C@@H]3C(=O)N(c4ccccc4)CC=C[C@]3(CC)O[C@@]23C=CCN(C(C)(C)C)C(=O)C13. The Morgan fingerprint density at radius 2 is 1.65 bits per heavy atom. The lowest BCUT2D eigenvalue weighted by Gasteiger charge is -2.44. The van der Waals surface area contributed by atoms with E-state index in [4.69, 9.17) is 4.74 Å². The highest BCUT2D eigenvalue weighted by molar-refractivity contribution is 6.04. The van der Waals surface area contributed by atoms with Gasteiger partial charge in [0.15, 0.2) is 0 Å². The third kappa shape index (κ3) is 4.05. The van der Waals surface area contributed by atoms with E-state index in [0.29, 0.717) is 19.5 Å². The number of likely N-dealkylation sites (tertiary alicyclic amines) is 1. The van der Waals surface area contributed by atoms with Gasteiger partial charge in [0.05, 0.1) is 30.1 Å². The lowest BCUT2D eigenvalue weighted by atomic mass is 9.73. The van der Waals surface area contributed by atoms with Crippen LogP contribution < -0.4 is 4.90 Å². The van der Waals surface area contributed by atoms with Crippen LogP contribution in [0.5, 0.6) is 0 Å². The van der Waals surface area contributed by atoms with Crippen LogP contribution in [0.15, 0.2) is 54.6 Å². The van der Waals surface area contributed by atoms with Gasteiger partial charge in [-0.25, -0.2) is 0 Å². The number of benzene rings is 1. The second-order valence-electron chi connectivity index (χ2n) is 12.7. The Morgan fingerprint density at radius 3 is 2.25 bits per heavy atom. The lowest BCUT2D eigenvalue weighted by Crippen LogP contribution is -2.62. The number of fused-ring (bicyclic) bond motifs is 2. The van der Waals surface area contributed by atoms with Crippen molar-refractivity contribution < 1.29 is 24.2 Å². The number of amides is 3. The van der Waals surface area contributed by atoms with Crippen LogP contribution >= 0.6 is 0 Å². The first-order valence-electron chi connectivity index (χ1n) is 14.6. The topological polar surface area (TPSA) is 90.4 Å². The van der Waals surface area contributed by atoms with E-state index in [-0.39, 0.29) is 30.2 Å². The molecule has 1 aromatic rings.